The third-order valence-corrected chi connectivity index (χ3v) is 3.83. The van der Waals surface area contributed by atoms with Crippen LogP contribution in [0.4, 0.5) is 0 Å². The molecule has 3 nitrogen and oxygen atoms in total. The van der Waals surface area contributed by atoms with E-state index < -0.39 is 6.10 Å². The van der Waals surface area contributed by atoms with Gasteiger partial charge in [0.2, 0.25) is 0 Å². The number of nitrogens with zero attached hydrogens (tertiary/aromatic N) is 2. The number of aromatic nitrogens is 2. The van der Waals surface area contributed by atoms with Crippen molar-refractivity contribution >= 4 is 11.6 Å². The average Bonchev–Trinajstić information content (AvgIpc) is 2.62. The van der Waals surface area contributed by atoms with E-state index in [1.165, 1.54) is 5.56 Å². The van der Waals surface area contributed by atoms with Crippen LogP contribution in [0.3, 0.4) is 0 Å². The van der Waals surface area contributed by atoms with Crippen LogP contribution >= 0.6 is 11.6 Å². The van der Waals surface area contributed by atoms with E-state index in [1.54, 1.807) is 11.7 Å². The Morgan fingerprint density at radius 3 is 2.60 bits per heavy atom. The van der Waals surface area contributed by atoms with E-state index in [4.69, 9.17) is 11.6 Å². The predicted octanol–water partition coefficient (Wildman–Crippen LogP) is 3.66. The van der Waals surface area contributed by atoms with Gasteiger partial charge in [0.05, 0.1) is 5.69 Å². The normalized spacial score (nSPS) is 12.9. The van der Waals surface area contributed by atoms with Gasteiger partial charge in [0.25, 0.3) is 0 Å². The molecule has 0 fully saturated rings. The molecule has 4 heteroatoms. The van der Waals surface area contributed by atoms with Crippen molar-refractivity contribution in [2.75, 3.05) is 0 Å². The molecule has 0 saturated heterocycles. The molecule has 0 radical (unpaired) electrons. The molecular weight excluding hydrogens is 272 g/mol. The number of aliphatic hydroxyl groups is 1. The molecule has 20 heavy (non-hydrogen) atoms. The number of aliphatic hydroxyl groups excluding tert-OH is 1. The highest BCUT2D eigenvalue weighted by molar-refractivity contribution is 6.30. The summed E-state index contributed by atoms with van der Waals surface area (Å²) in [6, 6.07) is 8.05. The molecule has 2 aromatic rings. The Morgan fingerprint density at radius 1 is 1.35 bits per heavy atom. The minimum atomic E-state index is -0.733. The summed E-state index contributed by atoms with van der Waals surface area (Å²) >= 11 is 6.22. The van der Waals surface area contributed by atoms with Crippen molar-refractivity contribution in [2.45, 2.75) is 33.3 Å². The third kappa shape index (κ3) is 3.05. The summed E-state index contributed by atoms with van der Waals surface area (Å²) in [7, 11) is 1.78. The summed E-state index contributed by atoms with van der Waals surface area (Å²) in [5.74, 6) is 0.589. The van der Waals surface area contributed by atoms with Gasteiger partial charge in [-0.3, -0.25) is 4.68 Å². The SMILES string of the molecule is Cc1nn(C)c(Cl)c1C(O)c1cccc(CC(C)C)c1. The Morgan fingerprint density at radius 2 is 2.05 bits per heavy atom. The second kappa shape index (κ2) is 5.98. The molecule has 0 aliphatic heterocycles. The van der Waals surface area contributed by atoms with Crippen LogP contribution in [0.15, 0.2) is 24.3 Å². The fraction of sp³-hybridized carbons (Fsp3) is 0.438. The van der Waals surface area contributed by atoms with Crippen molar-refractivity contribution in [2.24, 2.45) is 13.0 Å². The maximum Gasteiger partial charge on any atom is 0.133 e. The number of halogens is 1. The Labute approximate surface area is 125 Å². The molecule has 2 rings (SSSR count). The van der Waals surface area contributed by atoms with Crippen LogP contribution in [0, 0.1) is 12.8 Å². The van der Waals surface area contributed by atoms with Crippen LogP contribution < -0.4 is 0 Å². The molecule has 0 aliphatic rings. The van der Waals surface area contributed by atoms with Crippen LogP contribution in [0.5, 0.6) is 0 Å². The average molecular weight is 293 g/mol. The monoisotopic (exact) mass is 292 g/mol. The summed E-state index contributed by atoms with van der Waals surface area (Å²) in [5, 5.41) is 15.3. The van der Waals surface area contributed by atoms with Crippen molar-refractivity contribution < 1.29 is 5.11 Å². The fourth-order valence-corrected chi connectivity index (χ4v) is 2.76. The maximum atomic E-state index is 10.6. The molecule has 0 saturated carbocycles. The highest BCUT2D eigenvalue weighted by Crippen LogP contribution is 2.31. The van der Waals surface area contributed by atoms with Crippen molar-refractivity contribution in [3.8, 4) is 0 Å². The molecular formula is C16H21ClN2O. The number of hydrogen-bond donors (Lipinski definition) is 1. The Bertz CT molecular complexity index is 605. The first-order valence-corrected chi connectivity index (χ1v) is 7.23. The smallest absolute Gasteiger partial charge is 0.133 e. The quantitative estimate of drug-likeness (QED) is 0.934. The number of benzene rings is 1. The van der Waals surface area contributed by atoms with Gasteiger partial charge < -0.3 is 5.11 Å². The second-order valence-electron chi connectivity index (χ2n) is 5.66. The molecule has 1 N–H and O–H groups in total. The van der Waals surface area contributed by atoms with Crippen molar-refractivity contribution in [1.82, 2.24) is 9.78 Å². The van der Waals surface area contributed by atoms with Gasteiger partial charge in [-0.1, -0.05) is 49.7 Å². The largest absolute Gasteiger partial charge is 0.383 e. The molecule has 1 heterocycles. The van der Waals surface area contributed by atoms with Crippen LogP contribution in [-0.4, -0.2) is 14.9 Å². The zero-order valence-electron chi connectivity index (χ0n) is 12.4. The van der Waals surface area contributed by atoms with Crippen LogP contribution in [0.1, 0.15) is 42.3 Å². The first-order chi connectivity index (χ1) is 9.40. The van der Waals surface area contributed by atoms with Gasteiger partial charge in [-0.25, -0.2) is 0 Å². The van der Waals surface area contributed by atoms with Gasteiger partial charge in [0.15, 0.2) is 0 Å². The molecule has 108 valence electrons. The highest BCUT2D eigenvalue weighted by atomic mass is 35.5. The van der Waals surface area contributed by atoms with Gasteiger partial charge in [0.1, 0.15) is 11.3 Å². The maximum absolute atomic E-state index is 10.6. The van der Waals surface area contributed by atoms with Crippen LogP contribution in [-0.2, 0) is 13.5 Å². The fourth-order valence-electron chi connectivity index (χ4n) is 2.49. The second-order valence-corrected chi connectivity index (χ2v) is 6.02. The van der Waals surface area contributed by atoms with Gasteiger partial charge in [-0.05, 0) is 30.4 Å². The lowest BCUT2D eigenvalue weighted by Gasteiger charge is -2.13. The summed E-state index contributed by atoms with van der Waals surface area (Å²) < 4.78 is 1.59. The molecule has 0 spiro atoms. The molecule has 1 aromatic carbocycles. The molecule has 0 aliphatic carbocycles. The first kappa shape index (κ1) is 15.1. The highest BCUT2D eigenvalue weighted by Gasteiger charge is 2.21. The summed E-state index contributed by atoms with van der Waals surface area (Å²) in [4.78, 5) is 0. The first-order valence-electron chi connectivity index (χ1n) is 6.86. The lowest BCUT2D eigenvalue weighted by atomic mass is 9.96. The lowest BCUT2D eigenvalue weighted by molar-refractivity contribution is 0.219. The zero-order valence-corrected chi connectivity index (χ0v) is 13.1. The van der Waals surface area contributed by atoms with E-state index in [-0.39, 0.29) is 0 Å². The molecule has 0 bridgehead atoms. The van der Waals surface area contributed by atoms with E-state index in [1.807, 2.05) is 25.1 Å². The Hall–Kier alpha value is -1.32. The van der Waals surface area contributed by atoms with E-state index in [9.17, 15) is 5.11 Å². The Balaban J connectivity index is 2.35. The third-order valence-electron chi connectivity index (χ3n) is 3.38. The van der Waals surface area contributed by atoms with E-state index in [2.05, 4.69) is 25.0 Å². The van der Waals surface area contributed by atoms with Gasteiger partial charge in [0, 0.05) is 12.6 Å². The van der Waals surface area contributed by atoms with Crippen molar-refractivity contribution in [3.05, 3.63) is 51.8 Å². The lowest BCUT2D eigenvalue weighted by Crippen LogP contribution is -2.03. The Kier molecular flexibility index (Phi) is 4.51. The van der Waals surface area contributed by atoms with Crippen molar-refractivity contribution in [1.29, 1.82) is 0 Å². The molecule has 1 aromatic heterocycles. The predicted molar refractivity (Wildman–Crippen MR) is 82.0 cm³/mol. The van der Waals surface area contributed by atoms with Gasteiger partial charge in [-0.15, -0.1) is 0 Å². The molecule has 0 amide bonds. The number of rotatable bonds is 4. The topological polar surface area (TPSA) is 38.0 Å². The van der Waals surface area contributed by atoms with Gasteiger partial charge >= 0.3 is 0 Å². The minimum absolute atomic E-state index is 0.490. The van der Waals surface area contributed by atoms with Crippen LogP contribution in [0.25, 0.3) is 0 Å². The summed E-state index contributed by atoms with van der Waals surface area (Å²) in [6.45, 7) is 6.23. The standard InChI is InChI=1S/C16H21ClN2O/c1-10(2)8-12-6-5-7-13(9-12)15(20)14-11(3)18-19(4)16(14)17/h5-7,9-10,15,20H,8H2,1-4H3. The van der Waals surface area contributed by atoms with Gasteiger partial charge in [-0.2, -0.15) is 5.10 Å². The van der Waals surface area contributed by atoms with Crippen molar-refractivity contribution in [3.63, 3.8) is 0 Å². The molecule has 1 atom stereocenters. The number of hydrogen-bond acceptors (Lipinski definition) is 2. The minimum Gasteiger partial charge on any atom is -0.383 e. The zero-order chi connectivity index (χ0) is 14.9. The molecule has 1 unspecified atom stereocenters. The number of aryl methyl sites for hydroxylation is 2. The van der Waals surface area contributed by atoms with Crippen LogP contribution in [0.2, 0.25) is 5.15 Å². The van der Waals surface area contributed by atoms with E-state index in [0.717, 1.165) is 17.7 Å². The van der Waals surface area contributed by atoms with E-state index >= 15 is 0 Å². The summed E-state index contributed by atoms with van der Waals surface area (Å²) in [5.41, 5.74) is 3.55. The van der Waals surface area contributed by atoms with E-state index in [0.29, 0.717) is 16.6 Å². The summed E-state index contributed by atoms with van der Waals surface area (Å²) in [6.07, 6.45) is 0.267.